The summed E-state index contributed by atoms with van der Waals surface area (Å²) in [5, 5.41) is 4.69. The van der Waals surface area contributed by atoms with Crippen LogP contribution < -0.4 is 0 Å². The van der Waals surface area contributed by atoms with Gasteiger partial charge < -0.3 is 8.94 Å². The molecule has 0 radical (unpaired) electrons. The van der Waals surface area contributed by atoms with Gasteiger partial charge in [0, 0.05) is 16.3 Å². The molecule has 0 aliphatic carbocycles. The maximum Gasteiger partial charge on any atom is 0.293 e. The molecule has 4 rings (SSSR count). The number of aryl methyl sites for hydroxylation is 1. The quantitative estimate of drug-likeness (QED) is 0.378. The second-order valence-corrected chi connectivity index (χ2v) is 7.60. The van der Waals surface area contributed by atoms with Crippen molar-refractivity contribution < 1.29 is 8.94 Å². The van der Waals surface area contributed by atoms with Crippen LogP contribution in [0.15, 0.2) is 69.6 Å². The number of hydrogen-bond acceptors (Lipinski definition) is 5. The fourth-order valence-corrected chi connectivity index (χ4v) is 3.68. The van der Waals surface area contributed by atoms with E-state index in [1.165, 1.54) is 11.1 Å². The first-order valence-corrected chi connectivity index (χ1v) is 10.0. The van der Waals surface area contributed by atoms with Crippen LogP contribution >= 0.6 is 23.4 Å². The van der Waals surface area contributed by atoms with Crippen LogP contribution in [-0.4, -0.2) is 10.1 Å². The van der Waals surface area contributed by atoms with Crippen molar-refractivity contribution >= 4 is 23.4 Å². The van der Waals surface area contributed by atoms with Gasteiger partial charge in [0.1, 0.15) is 5.76 Å². The van der Waals surface area contributed by atoms with E-state index in [9.17, 15) is 0 Å². The van der Waals surface area contributed by atoms with Gasteiger partial charge in [0.2, 0.25) is 5.82 Å². The highest BCUT2D eigenvalue weighted by molar-refractivity contribution is 7.97. The van der Waals surface area contributed by atoms with Gasteiger partial charge in [0.05, 0.1) is 5.75 Å². The minimum Gasteiger partial charge on any atom is -0.455 e. The van der Waals surface area contributed by atoms with Gasteiger partial charge >= 0.3 is 0 Å². The van der Waals surface area contributed by atoms with Gasteiger partial charge in [0.25, 0.3) is 5.89 Å². The molecule has 0 atom stereocenters. The Kier molecular flexibility index (Phi) is 5.32. The number of hydrogen-bond donors (Lipinski definition) is 0. The summed E-state index contributed by atoms with van der Waals surface area (Å²) in [5.41, 5.74) is 3.44. The van der Waals surface area contributed by atoms with Crippen molar-refractivity contribution in [2.45, 2.75) is 18.4 Å². The molecule has 2 aromatic carbocycles. The molecule has 0 bridgehead atoms. The summed E-state index contributed by atoms with van der Waals surface area (Å²) in [7, 11) is 0. The molecule has 0 unspecified atom stereocenters. The molecule has 0 fully saturated rings. The van der Waals surface area contributed by atoms with Crippen molar-refractivity contribution in [3.63, 3.8) is 0 Å². The molecular weight excluding hydrogens is 380 g/mol. The Morgan fingerprint density at radius 1 is 1.00 bits per heavy atom. The predicted octanol–water partition coefficient (Wildman–Crippen LogP) is 6.39. The molecule has 0 aliphatic heterocycles. The van der Waals surface area contributed by atoms with Crippen LogP contribution in [-0.2, 0) is 11.5 Å². The van der Waals surface area contributed by atoms with Gasteiger partial charge in [-0.05, 0) is 48.9 Å². The number of thioether (sulfide) groups is 1. The van der Waals surface area contributed by atoms with Crippen molar-refractivity contribution in [2.24, 2.45) is 0 Å². The van der Waals surface area contributed by atoms with Crippen molar-refractivity contribution in [1.82, 2.24) is 10.1 Å². The topological polar surface area (TPSA) is 52.1 Å². The van der Waals surface area contributed by atoms with E-state index in [0.29, 0.717) is 22.5 Å². The summed E-state index contributed by atoms with van der Waals surface area (Å²) in [6.45, 7) is 2.11. The molecule has 6 heteroatoms. The van der Waals surface area contributed by atoms with Gasteiger partial charge in [-0.3, -0.25) is 0 Å². The molecule has 0 saturated heterocycles. The van der Waals surface area contributed by atoms with Gasteiger partial charge in [-0.2, -0.15) is 4.98 Å². The van der Waals surface area contributed by atoms with E-state index in [1.54, 1.807) is 12.1 Å². The lowest BCUT2D eigenvalue weighted by Crippen LogP contribution is -1.83. The van der Waals surface area contributed by atoms with Gasteiger partial charge in [-0.1, -0.05) is 46.6 Å². The summed E-state index contributed by atoms with van der Waals surface area (Å²) in [6, 6.07) is 19.7. The Bertz CT molecular complexity index is 1040. The van der Waals surface area contributed by atoms with E-state index in [-0.39, 0.29) is 0 Å². The van der Waals surface area contributed by atoms with E-state index in [4.69, 9.17) is 20.5 Å². The summed E-state index contributed by atoms with van der Waals surface area (Å²) in [5.74, 6) is 4.07. The van der Waals surface area contributed by atoms with E-state index in [1.807, 2.05) is 36.0 Å². The molecule has 136 valence electrons. The highest BCUT2D eigenvalue weighted by Gasteiger charge is 2.14. The predicted molar refractivity (Wildman–Crippen MR) is 109 cm³/mol. The summed E-state index contributed by atoms with van der Waals surface area (Å²) in [4.78, 5) is 4.41. The van der Waals surface area contributed by atoms with Crippen LogP contribution in [0.4, 0.5) is 0 Å². The zero-order valence-corrected chi connectivity index (χ0v) is 16.3. The zero-order chi connectivity index (χ0) is 18.6. The molecule has 0 aliphatic rings. The lowest BCUT2D eigenvalue weighted by Gasteiger charge is -2.01. The maximum atomic E-state index is 5.91. The smallest absolute Gasteiger partial charge is 0.293 e. The van der Waals surface area contributed by atoms with Gasteiger partial charge in [0.15, 0.2) is 5.76 Å². The van der Waals surface area contributed by atoms with E-state index in [0.717, 1.165) is 22.8 Å². The standard InChI is InChI=1S/C21H17ClN2O2S/c1-14-3-2-4-15(11-14)12-27-13-18-9-10-19(25-18)21-23-20(24-26-21)16-5-7-17(22)8-6-16/h2-11H,12-13H2,1H3. The minimum atomic E-state index is 0.370. The molecule has 0 spiro atoms. The summed E-state index contributed by atoms with van der Waals surface area (Å²) in [6.07, 6.45) is 0. The minimum absolute atomic E-state index is 0.370. The second-order valence-electron chi connectivity index (χ2n) is 6.18. The van der Waals surface area contributed by atoms with Crippen LogP contribution in [0.3, 0.4) is 0 Å². The molecule has 2 aromatic heterocycles. The summed E-state index contributed by atoms with van der Waals surface area (Å²) < 4.78 is 11.2. The van der Waals surface area contributed by atoms with Crippen molar-refractivity contribution in [3.05, 3.63) is 82.6 Å². The van der Waals surface area contributed by atoms with E-state index >= 15 is 0 Å². The molecule has 2 heterocycles. The highest BCUT2D eigenvalue weighted by atomic mass is 35.5. The Balaban J connectivity index is 1.40. The number of aromatic nitrogens is 2. The molecule has 27 heavy (non-hydrogen) atoms. The average molecular weight is 397 g/mol. The van der Waals surface area contributed by atoms with Gasteiger partial charge in [-0.25, -0.2) is 0 Å². The monoisotopic (exact) mass is 396 g/mol. The van der Waals surface area contributed by atoms with Crippen LogP contribution in [0, 0.1) is 6.92 Å². The van der Waals surface area contributed by atoms with Crippen LogP contribution in [0.5, 0.6) is 0 Å². The Hall–Kier alpha value is -2.50. The van der Waals surface area contributed by atoms with Crippen molar-refractivity contribution in [1.29, 1.82) is 0 Å². The number of nitrogens with zero attached hydrogens (tertiary/aromatic N) is 2. The Morgan fingerprint density at radius 2 is 1.85 bits per heavy atom. The third kappa shape index (κ3) is 4.43. The average Bonchev–Trinajstić information content (AvgIpc) is 3.32. The summed E-state index contributed by atoms with van der Waals surface area (Å²) >= 11 is 7.72. The fourth-order valence-electron chi connectivity index (χ4n) is 2.68. The number of halogens is 1. The van der Waals surface area contributed by atoms with E-state index in [2.05, 4.69) is 41.3 Å². The first-order valence-electron chi connectivity index (χ1n) is 8.49. The lowest BCUT2D eigenvalue weighted by molar-refractivity contribution is 0.413. The molecule has 4 nitrogen and oxygen atoms in total. The number of benzene rings is 2. The third-order valence-electron chi connectivity index (χ3n) is 4.00. The first-order chi connectivity index (χ1) is 13.2. The van der Waals surface area contributed by atoms with Crippen molar-refractivity contribution in [3.8, 4) is 23.0 Å². The molecule has 0 amide bonds. The maximum absolute atomic E-state index is 5.91. The van der Waals surface area contributed by atoms with Crippen molar-refractivity contribution in [2.75, 3.05) is 0 Å². The third-order valence-corrected chi connectivity index (χ3v) is 5.27. The fraction of sp³-hybridized carbons (Fsp3) is 0.143. The van der Waals surface area contributed by atoms with E-state index < -0.39 is 0 Å². The largest absolute Gasteiger partial charge is 0.455 e. The number of rotatable bonds is 6. The van der Waals surface area contributed by atoms with Gasteiger partial charge in [-0.15, -0.1) is 11.8 Å². The molecular formula is C21H17ClN2O2S. The molecule has 4 aromatic rings. The van der Waals surface area contributed by atoms with Crippen LogP contribution in [0.2, 0.25) is 5.02 Å². The first kappa shape index (κ1) is 17.9. The lowest BCUT2D eigenvalue weighted by atomic mass is 10.2. The zero-order valence-electron chi connectivity index (χ0n) is 14.7. The molecule has 0 saturated carbocycles. The second kappa shape index (κ2) is 8.03. The van der Waals surface area contributed by atoms with Crippen LogP contribution in [0.25, 0.3) is 23.0 Å². The Labute approximate surface area is 166 Å². The van der Waals surface area contributed by atoms with Crippen LogP contribution in [0.1, 0.15) is 16.9 Å². The SMILES string of the molecule is Cc1cccc(CSCc2ccc(-c3nc(-c4ccc(Cl)cc4)no3)o2)c1. The Morgan fingerprint density at radius 3 is 2.67 bits per heavy atom. The molecule has 0 N–H and O–H groups in total. The number of furan rings is 1. The normalized spacial score (nSPS) is 11.0. The highest BCUT2D eigenvalue weighted by Crippen LogP contribution is 2.27.